The number of nitrogens with one attached hydrogen (secondary N) is 1. The minimum Gasteiger partial charge on any atom is -0.493 e. The lowest BCUT2D eigenvalue weighted by Crippen LogP contribution is -2.17. The van der Waals surface area contributed by atoms with Crippen molar-refractivity contribution < 1.29 is 27.4 Å². The third kappa shape index (κ3) is 4.94. The summed E-state index contributed by atoms with van der Waals surface area (Å²) in [5, 5.41) is 3.00. The lowest BCUT2D eigenvalue weighted by atomic mass is 10.2. The SMILES string of the molecule is COc1ccc(CNc2ccc(OC(F)(F)F)cn2)cc1OC. The Morgan fingerprint density at radius 1 is 1.04 bits per heavy atom. The maximum atomic E-state index is 12.1. The average molecular weight is 328 g/mol. The fourth-order valence-electron chi connectivity index (χ4n) is 1.86. The highest BCUT2D eigenvalue weighted by Crippen LogP contribution is 2.28. The van der Waals surface area contributed by atoms with Gasteiger partial charge in [0.05, 0.1) is 20.4 Å². The summed E-state index contributed by atoms with van der Waals surface area (Å²) in [5.74, 6) is 1.26. The molecule has 1 heterocycles. The summed E-state index contributed by atoms with van der Waals surface area (Å²) < 4.78 is 50.3. The molecule has 0 atom stereocenters. The van der Waals surface area contributed by atoms with Gasteiger partial charge in [-0.2, -0.15) is 0 Å². The number of alkyl halides is 3. The number of hydrogen-bond acceptors (Lipinski definition) is 5. The third-order valence-electron chi connectivity index (χ3n) is 2.89. The Bertz CT molecular complexity index is 645. The topological polar surface area (TPSA) is 52.6 Å². The number of ether oxygens (including phenoxy) is 3. The predicted molar refractivity (Wildman–Crippen MR) is 77.8 cm³/mol. The van der Waals surface area contributed by atoms with E-state index in [-0.39, 0.29) is 5.75 Å². The Labute approximate surface area is 131 Å². The minimum atomic E-state index is -4.73. The van der Waals surface area contributed by atoms with Crippen molar-refractivity contribution in [3.8, 4) is 17.2 Å². The first-order chi connectivity index (χ1) is 10.9. The number of nitrogens with zero attached hydrogens (tertiary/aromatic N) is 1. The van der Waals surface area contributed by atoms with E-state index in [0.29, 0.717) is 23.9 Å². The highest BCUT2D eigenvalue weighted by atomic mass is 19.4. The molecular formula is C15H15F3N2O3. The molecule has 0 unspecified atom stereocenters. The number of methoxy groups -OCH3 is 2. The quantitative estimate of drug-likeness (QED) is 0.878. The maximum Gasteiger partial charge on any atom is 0.573 e. The van der Waals surface area contributed by atoms with Gasteiger partial charge in [-0.15, -0.1) is 13.2 Å². The van der Waals surface area contributed by atoms with Crippen molar-refractivity contribution in [2.75, 3.05) is 19.5 Å². The molecule has 0 saturated carbocycles. The molecule has 0 saturated heterocycles. The van der Waals surface area contributed by atoms with Crippen LogP contribution in [0.4, 0.5) is 19.0 Å². The zero-order chi connectivity index (χ0) is 16.9. The highest BCUT2D eigenvalue weighted by molar-refractivity contribution is 5.44. The minimum absolute atomic E-state index is 0.367. The molecule has 0 aliphatic carbocycles. The van der Waals surface area contributed by atoms with Crippen LogP contribution in [0.5, 0.6) is 17.2 Å². The van der Waals surface area contributed by atoms with Crippen LogP contribution >= 0.6 is 0 Å². The van der Waals surface area contributed by atoms with E-state index in [1.807, 2.05) is 6.07 Å². The number of aromatic nitrogens is 1. The van der Waals surface area contributed by atoms with E-state index in [1.165, 1.54) is 19.2 Å². The zero-order valence-electron chi connectivity index (χ0n) is 12.5. The Morgan fingerprint density at radius 3 is 2.35 bits per heavy atom. The molecule has 23 heavy (non-hydrogen) atoms. The molecule has 5 nitrogen and oxygen atoms in total. The van der Waals surface area contributed by atoms with E-state index < -0.39 is 6.36 Å². The predicted octanol–water partition coefficient (Wildman–Crippen LogP) is 3.61. The van der Waals surface area contributed by atoms with Gasteiger partial charge >= 0.3 is 6.36 Å². The molecule has 0 aliphatic heterocycles. The van der Waals surface area contributed by atoms with Crippen LogP contribution in [-0.4, -0.2) is 25.6 Å². The largest absolute Gasteiger partial charge is 0.573 e. The number of rotatable bonds is 6. The monoisotopic (exact) mass is 328 g/mol. The lowest BCUT2D eigenvalue weighted by Gasteiger charge is -2.11. The summed E-state index contributed by atoms with van der Waals surface area (Å²) in [6.45, 7) is 0.423. The van der Waals surface area contributed by atoms with E-state index in [9.17, 15) is 13.2 Å². The number of pyridine rings is 1. The summed E-state index contributed by atoms with van der Waals surface area (Å²) in [7, 11) is 3.08. The molecule has 1 N–H and O–H groups in total. The molecule has 8 heteroatoms. The second-order valence-corrected chi connectivity index (χ2v) is 4.47. The molecule has 0 aliphatic rings. The number of anilines is 1. The molecule has 0 radical (unpaired) electrons. The second kappa shape index (κ2) is 7.08. The van der Waals surface area contributed by atoms with E-state index in [1.54, 1.807) is 19.2 Å². The molecule has 1 aromatic carbocycles. The third-order valence-corrected chi connectivity index (χ3v) is 2.89. The van der Waals surface area contributed by atoms with Gasteiger partial charge in [0.1, 0.15) is 11.6 Å². The van der Waals surface area contributed by atoms with Gasteiger partial charge in [0.15, 0.2) is 11.5 Å². The van der Waals surface area contributed by atoms with Crippen molar-refractivity contribution in [1.29, 1.82) is 0 Å². The maximum absolute atomic E-state index is 12.1. The van der Waals surface area contributed by atoms with Crippen LogP contribution in [0, 0.1) is 0 Å². The number of benzene rings is 1. The summed E-state index contributed by atoms with van der Waals surface area (Å²) in [6, 6.07) is 8.01. The summed E-state index contributed by atoms with van der Waals surface area (Å²) in [6.07, 6.45) is -3.72. The van der Waals surface area contributed by atoms with Crippen molar-refractivity contribution in [3.05, 3.63) is 42.1 Å². The molecule has 124 valence electrons. The van der Waals surface area contributed by atoms with Gasteiger partial charge in [0, 0.05) is 6.54 Å². The molecule has 0 spiro atoms. The highest BCUT2D eigenvalue weighted by Gasteiger charge is 2.31. The Morgan fingerprint density at radius 2 is 1.78 bits per heavy atom. The first kappa shape index (κ1) is 16.7. The van der Waals surface area contributed by atoms with Gasteiger partial charge in [0.2, 0.25) is 0 Å². The molecule has 2 rings (SSSR count). The first-order valence-corrected chi connectivity index (χ1v) is 6.58. The van der Waals surface area contributed by atoms with Gasteiger partial charge < -0.3 is 19.5 Å². The van der Waals surface area contributed by atoms with Crippen LogP contribution in [0.15, 0.2) is 36.5 Å². The molecule has 0 amide bonds. The van der Waals surface area contributed by atoms with Gasteiger partial charge in [-0.25, -0.2) is 4.98 Å². The van der Waals surface area contributed by atoms with Crippen molar-refractivity contribution >= 4 is 5.82 Å². The fourth-order valence-corrected chi connectivity index (χ4v) is 1.86. The van der Waals surface area contributed by atoms with Gasteiger partial charge in [-0.1, -0.05) is 6.07 Å². The van der Waals surface area contributed by atoms with Crippen LogP contribution < -0.4 is 19.5 Å². The van der Waals surface area contributed by atoms with Crippen LogP contribution in [-0.2, 0) is 6.54 Å². The second-order valence-electron chi connectivity index (χ2n) is 4.47. The van der Waals surface area contributed by atoms with Crippen LogP contribution in [0.2, 0.25) is 0 Å². The molecule has 2 aromatic rings. The smallest absolute Gasteiger partial charge is 0.493 e. The van der Waals surface area contributed by atoms with Gasteiger partial charge in [-0.3, -0.25) is 0 Å². The first-order valence-electron chi connectivity index (χ1n) is 6.58. The molecular weight excluding hydrogens is 313 g/mol. The van der Waals surface area contributed by atoms with E-state index >= 15 is 0 Å². The Balaban J connectivity index is 1.98. The van der Waals surface area contributed by atoms with E-state index in [0.717, 1.165) is 11.8 Å². The fraction of sp³-hybridized carbons (Fsp3) is 0.267. The Hall–Kier alpha value is -2.64. The van der Waals surface area contributed by atoms with Gasteiger partial charge in [-0.05, 0) is 29.8 Å². The standard InChI is InChI=1S/C15H15F3N2O3/c1-21-12-5-3-10(7-13(12)22-2)8-19-14-6-4-11(9-20-14)23-15(16,17)18/h3-7,9H,8H2,1-2H3,(H,19,20). The van der Waals surface area contributed by atoms with Crippen molar-refractivity contribution in [2.24, 2.45) is 0 Å². The molecule has 0 bridgehead atoms. The summed E-state index contributed by atoms with van der Waals surface area (Å²) in [5.41, 5.74) is 0.903. The molecule has 1 aromatic heterocycles. The lowest BCUT2D eigenvalue weighted by molar-refractivity contribution is -0.274. The van der Waals surface area contributed by atoms with Crippen LogP contribution in [0.3, 0.4) is 0 Å². The summed E-state index contributed by atoms with van der Waals surface area (Å²) >= 11 is 0. The number of hydrogen-bond donors (Lipinski definition) is 1. The van der Waals surface area contributed by atoms with Crippen LogP contribution in [0.1, 0.15) is 5.56 Å². The Kier molecular flexibility index (Phi) is 5.15. The van der Waals surface area contributed by atoms with E-state index in [2.05, 4.69) is 15.0 Å². The van der Waals surface area contributed by atoms with Crippen molar-refractivity contribution in [1.82, 2.24) is 4.98 Å². The normalized spacial score (nSPS) is 11.0. The average Bonchev–Trinajstić information content (AvgIpc) is 2.52. The van der Waals surface area contributed by atoms with Gasteiger partial charge in [0.25, 0.3) is 0 Å². The summed E-state index contributed by atoms with van der Waals surface area (Å²) in [4.78, 5) is 3.86. The zero-order valence-corrected chi connectivity index (χ0v) is 12.5. The van der Waals surface area contributed by atoms with Crippen LogP contribution in [0.25, 0.3) is 0 Å². The number of halogens is 3. The van der Waals surface area contributed by atoms with E-state index in [4.69, 9.17) is 9.47 Å². The molecule has 0 fully saturated rings. The van der Waals surface area contributed by atoms with Crippen molar-refractivity contribution in [2.45, 2.75) is 12.9 Å². The van der Waals surface area contributed by atoms with Crippen molar-refractivity contribution in [3.63, 3.8) is 0 Å².